The molecule has 0 aliphatic rings. The van der Waals surface area contributed by atoms with E-state index in [0.29, 0.717) is 35.6 Å². The van der Waals surface area contributed by atoms with Crippen molar-refractivity contribution in [2.24, 2.45) is 0 Å². The maximum absolute atomic E-state index is 11.9. The summed E-state index contributed by atoms with van der Waals surface area (Å²) in [6.07, 6.45) is 2.64. The van der Waals surface area contributed by atoms with Crippen molar-refractivity contribution in [2.45, 2.75) is 19.3 Å². The lowest BCUT2D eigenvalue weighted by Gasteiger charge is -2.07. The summed E-state index contributed by atoms with van der Waals surface area (Å²) in [5.74, 6) is -0.201. The number of anilines is 2. The van der Waals surface area contributed by atoms with Crippen LogP contribution in [0.4, 0.5) is 11.4 Å². The molecule has 2 aromatic rings. The number of unbranched alkanes of at least 4 members (excludes halogenated alkanes) is 2. The summed E-state index contributed by atoms with van der Waals surface area (Å²) in [4.78, 5) is 23.8. The van der Waals surface area contributed by atoms with E-state index in [9.17, 15) is 9.59 Å². The van der Waals surface area contributed by atoms with Gasteiger partial charge in [0, 0.05) is 35.6 Å². The molecular formula is C19H24N4O2. The number of carbonyl (C=O) groups excluding carboxylic acids is 2. The summed E-state index contributed by atoms with van der Waals surface area (Å²) >= 11 is 0. The van der Waals surface area contributed by atoms with Crippen LogP contribution in [0.2, 0.25) is 0 Å². The molecule has 0 bridgehead atoms. The van der Waals surface area contributed by atoms with Gasteiger partial charge in [0.15, 0.2) is 0 Å². The molecule has 132 valence electrons. The first-order valence-electron chi connectivity index (χ1n) is 8.34. The highest BCUT2D eigenvalue weighted by molar-refractivity contribution is 5.94. The number of nitrogen functional groups attached to an aromatic ring is 2. The van der Waals surface area contributed by atoms with Gasteiger partial charge in [-0.2, -0.15) is 0 Å². The molecule has 6 heteroatoms. The van der Waals surface area contributed by atoms with E-state index in [-0.39, 0.29) is 11.8 Å². The number of nitrogens with two attached hydrogens (primary N) is 2. The molecule has 2 rings (SSSR count). The van der Waals surface area contributed by atoms with Gasteiger partial charge >= 0.3 is 0 Å². The first-order chi connectivity index (χ1) is 12.1. The molecule has 2 amide bonds. The molecule has 0 saturated carbocycles. The van der Waals surface area contributed by atoms with Gasteiger partial charge in [-0.15, -0.1) is 0 Å². The van der Waals surface area contributed by atoms with Crippen LogP contribution in [-0.2, 0) is 0 Å². The molecule has 0 spiro atoms. The zero-order chi connectivity index (χ0) is 18.1. The van der Waals surface area contributed by atoms with Gasteiger partial charge in [-0.05, 0) is 67.8 Å². The molecule has 0 aliphatic heterocycles. The SMILES string of the molecule is Nc1ccc(C(=O)NCCCCCNC(=O)c2ccc(N)cc2)cc1. The van der Waals surface area contributed by atoms with Gasteiger partial charge in [0.1, 0.15) is 0 Å². The normalized spacial score (nSPS) is 10.2. The number of amides is 2. The molecule has 0 unspecified atom stereocenters. The fourth-order valence-corrected chi connectivity index (χ4v) is 2.30. The van der Waals surface area contributed by atoms with Gasteiger partial charge in [0.2, 0.25) is 0 Å². The summed E-state index contributed by atoms with van der Waals surface area (Å²) in [6, 6.07) is 13.7. The number of hydrogen-bond donors (Lipinski definition) is 4. The van der Waals surface area contributed by atoms with E-state index in [1.807, 2.05) is 0 Å². The second-order valence-electron chi connectivity index (χ2n) is 5.82. The topological polar surface area (TPSA) is 110 Å². The van der Waals surface area contributed by atoms with E-state index >= 15 is 0 Å². The highest BCUT2D eigenvalue weighted by Crippen LogP contribution is 2.06. The summed E-state index contributed by atoms with van der Waals surface area (Å²) in [6.45, 7) is 1.21. The van der Waals surface area contributed by atoms with Crippen molar-refractivity contribution in [1.82, 2.24) is 10.6 Å². The number of rotatable bonds is 8. The van der Waals surface area contributed by atoms with Gasteiger partial charge in [0.25, 0.3) is 11.8 Å². The zero-order valence-electron chi connectivity index (χ0n) is 14.1. The molecule has 0 saturated heterocycles. The number of hydrogen-bond acceptors (Lipinski definition) is 4. The number of benzene rings is 2. The third kappa shape index (κ3) is 6.18. The van der Waals surface area contributed by atoms with Crippen LogP contribution in [0.25, 0.3) is 0 Å². The molecule has 25 heavy (non-hydrogen) atoms. The quantitative estimate of drug-likeness (QED) is 0.436. The van der Waals surface area contributed by atoms with Crippen LogP contribution in [0.1, 0.15) is 40.0 Å². The van der Waals surface area contributed by atoms with Crippen LogP contribution in [0.3, 0.4) is 0 Å². The monoisotopic (exact) mass is 340 g/mol. The van der Waals surface area contributed by atoms with E-state index in [2.05, 4.69) is 10.6 Å². The van der Waals surface area contributed by atoms with E-state index in [0.717, 1.165) is 19.3 Å². The van der Waals surface area contributed by atoms with Crippen molar-refractivity contribution in [3.05, 3.63) is 59.7 Å². The minimum absolute atomic E-state index is 0.100. The second kappa shape index (κ2) is 9.32. The minimum Gasteiger partial charge on any atom is -0.399 e. The molecule has 0 aliphatic carbocycles. The summed E-state index contributed by atoms with van der Waals surface area (Å²) < 4.78 is 0. The highest BCUT2D eigenvalue weighted by Gasteiger charge is 2.05. The summed E-state index contributed by atoms with van der Waals surface area (Å²) in [7, 11) is 0. The molecule has 0 radical (unpaired) electrons. The Morgan fingerprint density at radius 1 is 0.640 bits per heavy atom. The third-order valence-electron chi connectivity index (χ3n) is 3.77. The van der Waals surface area contributed by atoms with Crippen LogP contribution in [0.15, 0.2) is 48.5 Å². The zero-order valence-corrected chi connectivity index (χ0v) is 14.1. The largest absolute Gasteiger partial charge is 0.399 e. The Morgan fingerprint density at radius 2 is 1.00 bits per heavy atom. The van der Waals surface area contributed by atoms with Crippen molar-refractivity contribution in [2.75, 3.05) is 24.6 Å². The molecule has 2 aromatic carbocycles. The van der Waals surface area contributed by atoms with Gasteiger partial charge in [-0.1, -0.05) is 0 Å². The Bertz CT molecular complexity index is 635. The lowest BCUT2D eigenvalue weighted by atomic mass is 10.2. The maximum Gasteiger partial charge on any atom is 0.251 e. The highest BCUT2D eigenvalue weighted by atomic mass is 16.2. The lowest BCUT2D eigenvalue weighted by Crippen LogP contribution is -2.26. The lowest BCUT2D eigenvalue weighted by molar-refractivity contribution is 0.0947. The first-order valence-corrected chi connectivity index (χ1v) is 8.34. The Kier molecular flexibility index (Phi) is 6.83. The van der Waals surface area contributed by atoms with Crippen molar-refractivity contribution >= 4 is 23.2 Å². The van der Waals surface area contributed by atoms with Gasteiger partial charge in [0.05, 0.1) is 0 Å². The summed E-state index contributed by atoms with van der Waals surface area (Å²) in [5, 5.41) is 5.74. The molecule has 0 heterocycles. The Hall–Kier alpha value is -3.02. The van der Waals surface area contributed by atoms with Crippen LogP contribution in [-0.4, -0.2) is 24.9 Å². The number of carbonyl (C=O) groups is 2. The Labute approximate surface area is 147 Å². The van der Waals surface area contributed by atoms with Gasteiger partial charge in [-0.3, -0.25) is 9.59 Å². The van der Waals surface area contributed by atoms with Crippen LogP contribution in [0, 0.1) is 0 Å². The van der Waals surface area contributed by atoms with E-state index < -0.39 is 0 Å². The first kappa shape index (κ1) is 18.3. The number of nitrogens with one attached hydrogen (secondary N) is 2. The Balaban J connectivity index is 1.56. The molecule has 0 atom stereocenters. The smallest absolute Gasteiger partial charge is 0.251 e. The van der Waals surface area contributed by atoms with Crippen molar-refractivity contribution in [3.8, 4) is 0 Å². The minimum atomic E-state index is -0.100. The molecule has 0 fully saturated rings. The fraction of sp³-hybridized carbons (Fsp3) is 0.263. The Morgan fingerprint density at radius 3 is 1.36 bits per heavy atom. The van der Waals surface area contributed by atoms with Gasteiger partial charge < -0.3 is 22.1 Å². The predicted octanol–water partition coefficient (Wildman–Crippen LogP) is 2.18. The van der Waals surface area contributed by atoms with Crippen molar-refractivity contribution in [3.63, 3.8) is 0 Å². The van der Waals surface area contributed by atoms with E-state index in [1.54, 1.807) is 48.5 Å². The molecule has 6 nitrogen and oxygen atoms in total. The van der Waals surface area contributed by atoms with Crippen LogP contribution < -0.4 is 22.1 Å². The molecular weight excluding hydrogens is 316 g/mol. The second-order valence-corrected chi connectivity index (χ2v) is 5.82. The third-order valence-corrected chi connectivity index (χ3v) is 3.77. The van der Waals surface area contributed by atoms with E-state index in [1.165, 1.54) is 0 Å². The van der Waals surface area contributed by atoms with Crippen LogP contribution >= 0.6 is 0 Å². The molecule has 6 N–H and O–H groups in total. The van der Waals surface area contributed by atoms with Crippen LogP contribution in [0.5, 0.6) is 0 Å². The standard InChI is InChI=1S/C19H24N4O2/c20-16-8-4-14(5-9-16)18(24)22-12-2-1-3-13-23-19(25)15-6-10-17(21)11-7-15/h4-11H,1-3,12-13,20-21H2,(H,22,24)(H,23,25). The van der Waals surface area contributed by atoms with Crippen molar-refractivity contribution < 1.29 is 9.59 Å². The fourth-order valence-electron chi connectivity index (χ4n) is 2.30. The van der Waals surface area contributed by atoms with Gasteiger partial charge in [-0.25, -0.2) is 0 Å². The van der Waals surface area contributed by atoms with E-state index in [4.69, 9.17) is 11.5 Å². The predicted molar refractivity (Wildman–Crippen MR) is 100 cm³/mol. The molecule has 0 aromatic heterocycles. The maximum atomic E-state index is 11.9. The average molecular weight is 340 g/mol. The van der Waals surface area contributed by atoms with Crippen molar-refractivity contribution in [1.29, 1.82) is 0 Å². The average Bonchev–Trinajstić information content (AvgIpc) is 2.61. The summed E-state index contributed by atoms with van der Waals surface area (Å²) in [5.41, 5.74) is 13.7.